The molecule has 0 N–H and O–H groups in total. The van der Waals surface area contributed by atoms with Crippen molar-refractivity contribution in [2.24, 2.45) is 0 Å². The van der Waals surface area contributed by atoms with Gasteiger partial charge in [0.2, 0.25) is 0 Å². The van der Waals surface area contributed by atoms with Crippen molar-refractivity contribution in [3.63, 3.8) is 0 Å². The van der Waals surface area contributed by atoms with E-state index < -0.39 is 103 Å². The first-order valence-electron chi connectivity index (χ1n) is 6.34. The molecule has 0 fully saturated rings. The summed E-state index contributed by atoms with van der Waals surface area (Å²) in [7, 11) is 0. The summed E-state index contributed by atoms with van der Waals surface area (Å²) < 4.78 is 150. The van der Waals surface area contributed by atoms with Crippen LogP contribution in [0.1, 0.15) is 4.79 Å². The first-order chi connectivity index (χ1) is 13.4. The Kier molecular flexibility index (Phi) is 9.07. The number of hydrogen-bond acceptors (Lipinski definition) is 5. The van der Waals surface area contributed by atoms with E-state index in [0.717, 1.165) is 0 Å². The predicted octanol–water partition coefficient (Wildman–Crippen LogP) is 8.95. The van der Waals surface area contributed by atoms with Gasteiger partial charge in [0.1, 0.15) is 10.1 Å². The SMILES string of the molecule is O=C(n1c(SC(F)(F)F)c(SC(F)(F)F)c(SC(F)(F)F)c1SC(F)(F)F)C(Cl)(Cl)Cl. The predicted molar refractivity (Wildman–Crippen MR) is 93.0 cm³/mol. The normalized spacial score (nSPS) is 14.3. The minimum absolute atomic E-state index is 0.772. The van der Waals surface area contributed by atoms with E-state index in [-0.39, 0.29) is 0 Å². The molecule has 180 valence electrons. The average Bonchev–Trinajstić information content (AvgIpc) is 2.64. The molecule has 0 aliphatic carbocycles. The van der Waals surface area contributed by atoms with Crippen molar-refractivity contribution in [1.29, 1.82) is 0 Å². The summed E-state index contributed by atoms with van der Waals surface area (Å²) in [5.74, 6) is -2.27. The summed E-state index contributed by atoms with van der Waals surface area (Å²) in [6.07, 6.45) is 0. The zero-order valence-corrected chi connectivity index (χ0v) is 18.7. The fourth-order valence-electron chi connectivity index (χ4n) is 1.62. The van der Waals surface area contributed by atoms with Crippen LogP contribution in [0.4, 0.5) is 52.7 Å². The third kappa shape index (κ3) is 9.64. The number of alkyl halides is 15. The average molecular weight is 613 g/mol. The van der Waals surface area contributed by atoms with E-state index in [9.17, 15) is 57.5 Å². The van der Waals surface area contributed by atoms with Crippen LogP contribution >= 0.6 is 81.9 Å². The second-order valence-electron chi connectivity index (χ2n) is 4.60. The molecule has 0 aliphatic heterocycles. The first-order valence-corrected chi connectivity index (χ1v) is 10.7. The van der Waals surface area contributed by atoms with Crippen molar-refractivity contribution in [3.8, 4) is 0 Å². The molecular weight excluding hydrogens is 613 g/mol. The van der Waals surface area contributed by atoms with Gasteiger partial charge in [0, 0.05) is 23.5 Å². The number of carbonyl (C=O) groups is 1. The summed E-state index contributed by atoms with van der Waals surface area (Å²) in [5, 5.41) is -3.99. The molecule has 0 aliphatic rings. The largest absolute Gasteiger partial charge is 0.447 e. The molecule has 21 heteroatoms. The molecular formula is C10Cl3F12NOS4. The molecule has 1 aromatic rings. The molecule has 0 spiro atoms. The molecule has 0 unspecified atom stereocenters. The number of hydrogen-bond donors (Lipinski definition) is 0. The second kappa shape index (κ2) is 9.56. The lowest BCUT2D eigenvalue weighted by molar-refractivity contribution is -0.0354. The summed E-state index contributed by atoms with van der Waals surface area (Å²) in [6.45, 7) is 0. The van der Waals surface area contributed by atoms with Gasteiger partial charge >= 0.3 is 22.0 Å². The maximum atomic E-state index is 12.9. The third-order valence-corrected chi connectivity index (χ3v) is 6.47. The lowest BCUT2D eigenvalue weighted by Crippen LogP contribution is -2.28. The summed E-state index contributed by atoms with van der Waals surface area (Å²) in [5.41, 5.74) is -22.3. The molecule has 0 atom stereocenters. The molecule has 31 heavy (non-hydrogen) atoms. The molecule has 0 aromatic carbocycles. The highest BCUT2D eigenvalue weighted by atomic mass is 35.6. The van der Waals surface area contributed by atoms with E-state index in [1.807, 2.05) is 0 Å². The number of halogens is 15. The van der Waals surface area contributed by atoms with Crippen LogP contribution in [-0.4, -0.2) is 36.3 Å². The quantitative estimate of drug-likeness (QED) is 0.192. The molecule has 0 saturated carbocycles. The van der Waals surface area contributed by atoms with Crippen LogP contribution < -0.4 is 0 Å². The summed E-state index contributed by atoms with van der Waals surface area (Å²) in [6, 6.07) is 0. The molecule has 0 radical (unpaired) electrons. The number of rotatable bonds is 4. The van der Waals surface area contributed by atoms with Gasteiger partial charge in [0.05, 0.1) is 9.79 Å². The zero-order chi connectivity index (χ0) is 24.8. The number of nitrogens with zero attached hydrogens (tertiary/aromatic N) is 1. The van der Waals surface area contributed by atoms with Gasteiger partial charge in [-0.15, -0.1) is 0 Å². The Balaban J connectivity index is 4.12. The van der Waals surface area contributed by atoms with E-state index in [1.54, 1.807) is 0 Å². The van der Waals surface area contributed by atoms with Crippen LogP contribution in [0.5, 0.6) is 0 Å². The molecule has 1 aromatic heterocycles. The highest BCUT2D eigenvalue weighted by Gasteiger charge is 2.48. The van der Waals surface area contributed by atoms with Crippen molar-refractivity contribution in [1.82, 2.24) is 4.57 Å². The molecule has 2 nitrogen and oxygen atoms in total. The molecule has 1 rings (SSSR count). The van der Waals surface area contributed by atoms with Crippen molar-refractivity contribution in [2.75, 3.05) is 0 Å². The van der Waals surface area contributed by atoms with Gasteiger partial charge in [0.15, 0.2) is 0 Å². The fraction of sp³-hybridized carbons (Fsp3) is 0.500. The minimum atomic E-state index is -5.57. The Bertz CT molecular complexity index is 770. The Hall–Kier alpha value is 0.380. The maximum absolute atomic E-state index is 12.9. The van der Waals surface area contributed by atoms with Crippen molar-refractivity contribution in [2.45, 2.75) is 45.7 Å². The Labute approximate surface area is 195 Å². The van der Waals surface area contributed by atoms with Crippen molar-refractivity contribution < 1.29 is 57.5 Å². The lowest BCUT2D eigenvalue weighted by Gasteiger charge is -2.17. The highest BCUT2D eigenvalue weighted by Crippen LogP contribution is 2.58. The topological polar surface area (TPSA) is 22.0 Å². The minimum Gasteiger partial charge on any atom is -0.269 e. The van der Waals surface area contributed by atoms with Crippen LogP contribution in [0.3, 0.4) is 0 Å². The number of carbonyl (C=O) groups excluding carboxylic acids is 1. The van der Waals surface area contributed by atoms with Gasteiger partial charge in [0.25, 0.3) is 9.70 Å². The van der Waals surface area contributed by atoms with E-state index in [2.05, 4.69) is 0 Å². The van der Waals surface area contributed by atoms with E-state index in [4.69, 9.17) is 34.8 Å². The van der Waals surface area contributed by atoms with E-state index in [1.165, 1.54) is 0 Å². The van der Waals surface area contributed by atoms with Crippen LogP contribution in [0.15, 0.2) is 19.8 Å². The Morgan fingerprint density at radius 3 is 1.03 bits per heavy atom. The molecule has 0 bridgehead atoms. The Morgan fingerprint density at radius 2 is 0.839 bits per heavy atom. The second-order valence-corrected chi connectivity index (χ2v) is 11.1. The van der Waals surface area contributed by atoms with Gasteiger partial charge in [-0.25, -0.2) is 0 Å². The van der Waals surface area contributed by atoms with Gasteiger partial charge in [-0.3, -0.25) is 9.36 Å². The summed E-state index contributed by atoms with van der Waals surface area (Å²) in [4.78, 5) is 8.24. The fourth-order valence-corrected chi connectivity index (χ4v) is 5.36. The number of thioether (sulfide) groups is 4. The first kappa shape index (κ1) is 29.4. The zero-order valence-electron chi connectivity index (χ0n) is 13.2. The number of aromatic nitrogens is 1. The monoisotopic (exact) mass is 611 g/mol. The van der Waals surface area contributed by atoms with Gasteiger partial charge in [-0.1, -0.05) is 34.8 Å². The lowest BCUT2D eigenvalue weighted by atomic mass is 10.6. The smallest absolute Gasteiger partial charge is 0.269 e. The molecule has 1 heterocycles. The Morgan fingerprint density at radius 1 is 0.581 bits per heavy atom. The van der Waals surface area contributed by atoms with Crippen molar-refractivity contribution in [3.05, 3.63) is 0 Å². The van der Waals surface area contributed by atoms with E-state index >= 15 is 0 Å². The van der Waals surface area contributed by atoms with E-state index in [0.29, 0.717) is 0 Å². The maximum Gasteiger partial charge on any atom is 0.447 e. The molecule has 0 amide bonds. The van der Waals surface area contributed by atoms with Crippen molar-refractivity contribution >= 4 is 87.8 Å². The van der Waals surface area contributed by atoms with Crippen LogP contribution in [0, 0.1) is 0 Å². The van der Waals surface area contributed by atoms with Crippen LogP contribution in [0.2, 0.25) is 0 Å². The van der Waals surface area contributed by atoms with Gasteiger partial charge in [-0.05, 0) is 23.5 Å². The van der Waals surface area contributed by atoms with Crippen LogP contribution in [-0.2, 0) is 0 Å². The standard InChI is InChI=1S/C10Cl3F12NOS4/c11-6(12,13)5(27)26-3(30-9(20,21)22)1(28-7(14,15)16)2(29-8(17,18)19)4(26)31-10(23,24)25. The third-order valence-electron chi connectivity index (χ3n) is 2.31. The van der Waals surface area contributed by atoms with Crippen LogP contribution in [0.25, 0.3) is 0 Å². The van der Waals surface area contributed by atoms with Gasteiger partial charge < -0.3 is 0 Å². The van der Waals surface area contributed by atoms with Gasteiger partial charge in [-0.2, -0.15) is 52.7 Å². The summed E-state index contributed by atoms with van der Waals surface area (Å²) >= 11 is 9.08. The molecule has 0 saturated heterocycles. The highest BCUT2D eigenvalue weighted by molar-refractivity contribution is 8.05.